The highest BCUT2D eigenvalue weighted by atomic mass is 32.2. The number of hydrogen-bond acceptors (Lipinski definition) is 8. The van der Waals surface area contributed by atoms with Crippen molar-refractivity contribution in [3.05, 3.63) is 66.4 Å². The summed E-state index contributed by atoms with van der Waals surface area (Å²) in [4.78, 5) is 58.4. The van der Waals surface area contributed by atoms with Gasteiger partial charge in [-0.15, -0.1) is 11.8 Å². The number of carboxylic acid groups (broad SMARTS) is 1. The Hall–Kier alpha value is -4.36. The first-order chi connectivity index (χ1) is 21.2. The number of nitrogens with one attached hydrogen (secondary N) is 1. The number of carboxylic acids is 1. The molecule has 1 aliphatic heterocycles. The molecule has 1 saturated heterocycles. The van der Waals surface area contributed by atoms with Crippen LogP contribution >= 0.6 is 11.8 Å². The van der Waals surface area contributed by atoms with Gasteiger partial charge in [0.2, 0.25) is 5.91 Å². The van der Waals surface area contributed by atoms with Gasteiger partial charge in [-0.05, 0) is 50.1 Å². The maximum atomic E-state index is 13.7. The minimum Gasteiger partial charge on any atom is -0.481 e. The SMILES string of the molecule is CCOC(=O)N1CCN(C(=O)[C@H](CCC(=O)O)NC(=O)c2cc(SCC(C)O)nc(-n3cccc3-c3ccccc3)c2)CC1. The molecule has 2 aromatic heterocycles. The maximum absolute atomic E-state index is 13.7. The lowest BCUT2D eigenvalue weighted by molar-refractivity contribution is -0.138. The summed E-state index contributed by atoms with van der Waals surface area (Å²) in [7, 11) is 0. The number of pyridine rings is 1. The number of benzene rings is 1. The van der Waals surface area contributed by atoms with Gasteiger partial charge in [0.15, 0.2) is 0 Å². The van der Waals surface area contributed by atoms with Crippen molar-refractivity contribution in [2.24, 2.45) is 0 Å². The molecule has 3 amide bonds. The van der Waals surface area contributed by atoms with Crippen LogP contribution in [0.5, 0.6) is 0 Å². The minimum atomic E-state index is -1.09. The number of aliphatic carboxylic acids is 1. The zero-order valence-corrected chi connectivity index (χ0v) is 25.5. The Balaban J connectivity index is 1.59. The van der Waals surface area contributed by atoms with Crippen molar-refractivity contribution in [1.29, 1.82) is 0 Å². The molecule has 0 radical (unpaired) electrons. The third-order valence-electron chi connectivity index (χ3n) is 6.96. The predicted molar refractivity (Wildman–Crippen MR) is 165 cm³/mol. The third-order valence-corrected chi connectivity index (χ3v) is 8.11. The fourth-order valence-electron chi connectivity index (χ4n) is 4.76. The number of carbonyl (C=O) groups is 4. The molecule has 3 N–H and O–H groups in total. The smallest absolute Gasteiger partial charge is 0.409 e. The summed E-state index contributed by atoms with van der Waals surface area (Å²) >= 11 is 1.29. The summed E-state index contributed by atoms with van der Waals surface area (Å²) in [5.74, 6) is -1.24. The Kier molecular flexibility index (Phi) is 11.4. The van der Waals surface area contributed by atoms with Crippen molar-refractivity contribution in [1.82, 2.24) is 24.7 Å². The van der Waals surface area contributed by atoms with Crippen LogP contribution in [0.15, 0.2) is 65.8 Å². The van der Waals surface area contributed by atoms with Gasteiger partial charge in [-0.25, -0.2) is 9.78 Å². The highest BCUT2D eigenvalue weighted by molar-refractivity contribution is 7.99. The monoisotopic (exact) mass is 623 g/mol. The van der Waals surface area contributed by atoms with Gasteiger partial charge in [-0.3, -0.25) is 14.4 Å². The first-order valence-electron chi connectivity index (χ1n) is 14.5. The van der Waals surface area contributed by atoms with E-state index in [4.69, 9.17) is 9.72 Å². The van der Waals surface area contributed by atoms with Crippen LogP contribution in [0.2, 0.25) is 0 Å². The minimum absolute atomic E-state index is 0.102. The van der Waals surface area contributed by atoms with Crippen molar-refractivity contribution < 1.29 is 34.1 Å². The van der Waals surface area contributed by atoms with E-state index >= 15 is 0 Å². The van der Waals surface area contributed by atoms with E-state index in [0.717, 1.165) is 11.3 Å². The molecule has 0 aliphatic carbocycles. The molecule has 1 unspecified atom stereocenters. The molecule has 44 heavy (non-hydrogen) atoms. The number of aliphatic hydroxyl groups excluding tert-OH is 1. The van der Waals surface area contributed by atoms with Crippen molar-refractivity contribution in [2.75, 3.05) is 38.5 Å². The van der Waals surface area contributed by atoms with E-state index in [-0.39, 0.29) is 51.2 Å². The van der Waals surface area contributed by atoms with Crippen LogP contribution in [-0.2, 0) is 14.3 Å². The molecule has 12 nitrogen and oxygen atoms in total. The van der Waals surface area contributed by atoms with Crippen LogP contribution in [0.3, 0.4) is 0 Å². The number of carbonyl (C=O) groups excluding carboxylic acids is 3. The van der Waals surface area contributed by atoms with E-state index in [2.05, 4.69) is 5.32 Å². The van der Waals surface area contributed by atoms with Gasteiger partial charge < -0.3 is 34.6 Å². The van der Waals surface area contributed by atoms with E-state index in [1.807, 2.05) is 53.2 Å². The molecule has 1 aromatic carbocycles. The lowest BCUT2D eigenvalue weighted by Gasteiger charge is -2.36. The first-order valence-corrected chi connectivity index (χ1v) is 15.4. The van der Waals surface area contributed by atoms with Gasteiger partial charge in [-0.2, -0.15) is 0 Å². The number of aliphatic hydroxyl groups is 1. The quantitative estimate of drug-likeness (QED) is 0.258. The van der Waals surface area contributed by atoms with E-state index in [9.17, 15) is 29.4 Å². The predicted octanol–water partition coefficient (Wildman–Crippen LogP) is 3.28. The topological polar surface area (TPSA) is 154 Å². The molecule has 0 bridgehead atoms. The van der Waals surface area contributed by atoms with E-state index in [0.29, 0.717) is 16.6 Å². The van der Waals surface area contributed by atoms with Crippen molar-refractivity contribution in [3.63, 3.8) is 0 Å². The van der Waals surface area contributed by atoms with E-state index in [1.54, 1.807) is 26.0 Å². The summed E-state index contributed by atoms with van der Waals surface area (Å²) in [5.41, 5.74) is 2.05. The summed E-state index contributed by atoms with van der Waals surface area (Å²) in [6, 6.07) is 15.7. The summed E-state index contributed by atoms with van der Waals surface area (Å²) in [5, 5.41) is 22.5. The molecule has 0 spiro atoms. The largest absolute Gasteiger partial charge is 0.481 e. The average molecular weight is 624 g/mol. The second-order valence-electron chi connectivity index (χ2n) is 10.3. The van der Waals surface area contributed by atoms with Crippen LogP contribution < -0.4 is 5.32 Å². The highest BCUT2D eigenvalue weighted by Gasteiger charge is 2.31. The zero-order chi connectivity index (χ0) is 31.6. The first kappa shape index (κ1) is 32.6. The van der Waals surface area contributed by atoms with Crippen LogP contribution in [-0.4, -0.2) is 104 Å². The number of ether oxygens (including phenoxy) is 1. The molecular formula is C31H37N5O7S. The van der Waals surface area contributed by atoms with Crippen molar-refractivity contribution in [2.45, 2.75) is 43.9 Å². The Morgan fingerprint density at radius 1 is 1.02 bits per heavy atom. The number of piperazine rings is 1. The summed E-state index contributed by atoms with van der Waals surface area (Å²) < 4.78 is 6.89. The Bertz CT molecular complexity index is 1450. The van der Waals surface area contributed by atoms with Crippen molar-refractivity contribution in [3.8, 4) is 17.1 Å². The van der Waals surface area contributed by atoms with Gasteiger partial charge in [0, 0.05) is 50.1 Å². The van der Waals surface area contributed by atoms with Gasteiger partial charge in [0.1, 0.15) is 11.9 Å². The standard InChI is InChI=1S/C31H37N5O7S/c1-3-43-31(42)35-16-14-34(15-17-35)30(41)24(11-12-28(38)39)32-29(40)23-18-26(33-27(19-23)44-20-21(2)37)36-13-7-10-25(36)22-8-5-4-6-9-22/h4-10,13,18-19,21,24,37H,3,11-12,14-17,20H2,1-2H3,(H,32,40)(H,38,39)/t21?,24-/m0/s1. The average Bonchev–Trinajstić information content (AvgIpc) is 3.52. The zero-order valence-electron chi connectivity index (χ0n) is 24.7. The molecule has 234 valence electrons. The molecule has 2 atom stereocenters. The Morgan fingerprint density at radius 2 is 1.73 bits per heavy atom. The number of amides is 3. The summed E-state index contributed by atoms with van der Waals surface area (Å²) in [6.45, 7) is 4.61. The molecule has 4 rings (SSSR count). The molecule has 13 heteroatoms. The van der Waals surface area contributed by atoms with Gasteiger partial charge in [0.25, 0.3) is 5.91 Å². The molecule has 0 saturated carbocycles. The number of rotatable bonds is 12. The summed E-state index contributed by atoms with van der Waals surface area (Å²) in [6.07, 6.45) is 0.364. The number of nitrogens with zero attached hydrogens (tertiary/aromatic N) is 4. The van der Waals surface area contributed by atoms with Crippen molar-refractivity contribution >= 4 is 35.6 Å². The van der Waals surface area contributed by atoms with Crippen LogP contribution in [0.1, 0.15) is 37.0 Å². The normalized spacial score (nSPS) is 14.5. The Morgan fingerprint density at radius 3 is 2.39 bits per heavy atom. The van der Waals surface area contributed by atoms with E-state index in [1.165, 1.54) is 21.6 Å². The van der Waals surface area contributed by atoms with Gasteiger partial charge in [-0.1, -0.05) is 30.3 Å². The number of hydrogen-bond donors (Lipinski definition) is 3. The molecule has 3 aromatic rings. The van der Waals surface area contributed by atoms with Crippen LogP contribution in [0, 0.1) is 0 Å². The maximum Gasteiger partial charge on any atom is 0.409 e. The fraction of sp³-hybridized carbons (Fsp3) is 0.387. The number of thioether (sulfide) groups is 1. The van der Waals surface area contributed by atoms with Crippen LogP contribution in [0.25, 0.3) is 17.1 Å². The van der Waals surface area contributed by atoms with Gasteiger partial charge >= 0.3 is 12.1 Å². The van der Waals surface area contributed by atoms with Gasteiger partial charge in [0.05, 0.1) is 23.4 Å². The third kappa shape index (κ3) is 8.60. The molecule has 3 heterocycles. The van der Waals surface area contributed by atoms with Crippen LogP contribution in [0.4, 0.5) is 4.79 Å². The second kappa shape index (κ2) is 15.4. The Labute approximate surface area is 260 Å². The second-order valence-corrected chi connectivity index (χ2v) is 11.4. The molecule has 1 aliphatic rings. The lowest BCUT2D eigenvalue weighted by atomic mass is 10.1. The van der Waals surface area contributed by atoms with E-state index < -0.39 is 36.0 Å². The molecule has 1 fully saturated rings. The molecular weight excluding hydrogens is 586 g/mol. The number of aromatic nitrogens is 2. The highest BCUT2D eigenvalue weighted by Crippen LogP contribution is 2.26. The fourth-order valence-corrected chi connectivity index (χ4v) is 5.54. The lowest BCUT2D eigenvalue weighted by Crippen LogP contribution is -2.56.